The first-order chi connectivity index (χ1) is 16.0. The number of nitrogens with one attached hydrogen (secondary N) is 1. The number of amides is 1. The van der Waals surface area contributed by atoms with E-state index in [0.717, 1.165) is 39.5 Å². The van der Waals surface area contributed by atoms with E-state index in [1.165, 1.54) is 21.8 Å². The van der Waals surface area contributed by atoms with Gasteiger partial charge in [-0.3, -0.25) is 4.79 Å². The third-order valence-electron chi connectivity index (χ3n) is 7.68. The Balaban J connectivity index is 1.66. The Morgan fingerprint density at radius 1 is 0.848 bits per heavy atom. The van der Waals surface area contributed by atoms with Crippen LogP contribution in [-0.2, 0) is 29.1 Å². The van der Waals surface area contributed by atoms with Gasteiger partial charge < -0.3 is 23.9 Å². The molecular weight excluding hydrogens is 414 g/mol. The molecule has 2 atom stereocenters. The van der Waals surface area contributed by atoms with Crippen LogP contribution in [0.15, 0.2) is 48.5 Å². The molecule has 1 N–H and O–H groups in total. The predicted molar refractivity (Wildman–Crippen MR) is 127 cm³/mol. The largest absolute Gasteiger partial charge is 0.348 e. The Morgan fingerprint density at radius 2 is 1.39 bits per heavy atom. The number of nitrogens with zero attached hydrogens (tertiary/aromatic N) is 2. The topological polar surface area (TPSA) is 57.4 Å². The maximum Gasteiger partial charge on any atom is 0.252 e. The molecule has 164 valence electrons. The smallest absolute Gasteiger partial charge is 0.252 e. The minimum Gasteiger partial charge on any atom is -0.348 e. The van der Waals surface area contributed by atoms with Crippen molar-refractivity contribution in [2.75, 3.05) is 0 Å². The van der Waals surface area contributed by atoms with Gasteiger partial charge in [-0.05, 0) is 31.5 Å². The van der Waals surface area contributed by atoms with Crippen molar-refractivity contribution >= 4 is 49.5 Å². The van der Waals surface area contributed by atoms with E-state index in [2.05, 4.69) is 63.0 Å². The molecule has 0 unspecified atom stereocenters. The lowest BCUT2D eigenvalue weighted by Gasteiger charge is -2.24. The van der Waals surface area contributed by atoms with Crippen molar-refractivity contribution in [2.45, 2.75) is 51.5 Å². The van der Waals surface area contributed by atoms with Crippen LogP contribution >= 0.6 is 0 Å². The van der Waals surface area contributed by atoms with E-state index in [0.29, 0.717) is 13.1 Å². The lowest BCUT2D eigenvalue weighted by molar-refractivity contribution is -0.147. The maximum absolute atomic E-state index is 13.2. The van der Waals surface area contributed by atoms with Crippen molar-refractivity contribution in [1.29, 1.82) is 0 Å². The molecular formula is C27H23N3O3. The summed E-state index contributed by atoms with van der Waals surface area (Å²) in [7, 11) is 0. The van der Waals surface area contributed by atoms with Crippen molar-refractivity contribution < 1.29 is 14.3 Å². The zero-order valence-corrected chi connectivity index (χ0v) is 18.5. The zero-order valence-electron chi connectivity index (χ0n) is 18.5. The average Bonchev–Trinajstić information content (AvgIpc) is 3.49. The van der Waals surface area contributed by atoms with Gasteiger partial charge in [0.25, 0.3) is 5.91 Å². The quantitative estimate of drug-likeness (QED) is 0.383. The summed E-state index contributed by atoms with van der Waals surface area (Å²) in [6.45, 7) is 5.96. The number of carbonyl (C=O) groups is 1. The molecule has 5 heterocycles. The zero-order chi connectivity index (χ0) is 22.1. The van der Waals surface area contributed by atoms with Crippen molar-refractivity contribution in [3.63, 3.8) is 0 Å². The fourth-order valence-corrected chi connectivity index (χ4v) is 6.58. The molecule has 0 aliphatic carbocycles. The molecule has 3 aliphatic heterocycles. The minimum absolute atomic E-state index is 0.0214. The third kappa shape index (κ3) is 2.13. The highest BCUT2D eigenvalue weighted by Gasteiger charge is 2.44. The van der Waals surface area contributed by atoms with Crippen molar-refractivity contribution in [2.24, 2.45) is 0 Å². The van der Waals surface area contributed by atoms with Crippen LogP contribution in [-0.4, -0.2) is 33.0 Å². The van der Waals surface area contributed by atoms with E-state index >= 15 is 0 Å². The first kappa shape index (κ1) is 18.1. The van der Waals surface area contributed by atoms with Gasteiger partial charge in [0.05, 0.1) is 29.7 Å². The SMILES string of the molecule is CC1(C)O[C@@H]2Cn3c4ccccc4c4c5c(c6c7ccccc7n(c6c43)C[C@H]2O1)C(=O)NC5. The van der Waals surface area contributed by atoms with Gasteiger partial charge in [0, 0.05) is 39.1 Å². The highest BCUT2D eigenvalue weighted by atomic mass is 16.8. The van der Waals surface area contributed by atoms with E-state index in [1.807, 2.05) is 13.8 Å². The third-order valence-corrected chi connectivity index (χ3v) is 7.68. The summed E-state index contributed by atoms with van der Waals surface area (Å²) in [6.07, 6.45) is -0.137. The monoisotopic (exact) mass is 437 g/mol. The van der Waals surface area contributed by atoms with Gasteiger partial charge in [-0.15, -0.1) is 0 Å². The Hall–Kier alpha value is -3.35. The summed E-state index contributed by atoms with van der Waals surface area (Å²) in [5.41, 5.74) is 6.58. The highest BCUT2D eigenvalue weighted by Crippen LogP contribution is 2.46. The lowest BCUT2D eigenvalue weighted by atomic mass is 9.97. The summed E-state index contributed by atoms with van der Waals surface area (Å²) in [5, 5.41) is 7.67. The molecule has 1 saturated heterocycles. The molecule has 3 aliphatic rings. The minimum atomic E-state index is -0.627. The Bertz CT molecular complexity index is 1690. The molecule has 6 heteroatoms. The van der Waals surface area contributed by atoms with Crippen LogP contribution in [0.1, 0.15) is 29.8 Å². The standard InChI is InChI=1S/C27H23N3O3/c1-27(2)32-19-12-29-17-9-5-3-7-14(17)21-16-11-28-26(31)23(16)22-15-8-4-6-10-18(15)30(13-20(19)33-27)25(22)24(21)29/h3-10,19-20H,11-13H2,1-2H3,(H,28,31)/t19-,20-/m1/s1. The molecule has 33 heavy (non-hydrogen) atoms. The van der Waals surface area contributed by atoms with Crippen LogP contribution in [0.5, 0.6) is 0 Å². The molecule has 5 aromatic rings. The second kappa shape index (κ2) is 5.76. The molecule has 1 amide bonds. The van der Waals surface area contributed by atoms with Crippen LogP contribution < -0.4 is 5.32 Å². The first-order valence-electron chi connectivity index (χ1n) is 11.6. The summed E-state index contributed by atoms with van der Waals surface area (Å²) >= 11 is 0. The number of rotatable bonds is 0. The Labute approximate surface area is 189 Å². The molecule has 0 bridgehead atoms. The number of benzene rings is 3. The van der Waals surface area contributed by atoms with Crippen LogP contribution in [0.3, 0.4) is 0 Å². The summed E-state index contributed by atoms with van der Waals surface area (Å²) in [4.78, 5) is 13.2. The number of hydrogen-bond donors (Lipinski definition) is 1. The number of ether oxygens (including phenoxy) is 2. The Kier molecular flexibility index (Phi) is 3.16. The first-order valence-corrected chi connectivity index (χ1v) is 11.6. The van der Waals surface area contributed by atoms with Gasteiger partial charge in [-0.2, -0.15) is 0 Å². The van der Waals surface area contributed by atoms with E-state index < -0.39 is 5.79 Å². The molecule has 2 aromatic heterocycles. The number of para-hydroxylation sites is 2. The maximum atomic E-state index is 13.2. The van der Waals surface area contributed by atoms with Crippen LogP contribution in [0, 0.1) is 0 Å². The van der Waals surface area contributed by atoms with Gasteiger partial charge in [0.1, 0.15) is 12.2 Å². The van der Waals surface area contributed by atoms with Gasteiger partial charge in [-0.1, -0.05) is 36.4 Å². The number of fused-ring (bicyclic) bond motifs is 10. The summed E-state index contributed by atoms with van der Waals surface area (Å²) in [6, 6.07) is 17.0. The van der Waals surface area contributed by atoms with Gasteiger partial charge in [0.15, 0.2) is 5.79 Å². The lowest BCUT2D eigenvalue weighted by Crippen LogP contribution is -2.32. The van der Waals surface area contributed by atoms with Crippen LogP contribution in [0.25, 0.3) is 43.6 Å². The molecule has 0 spiro atoms. The molecule has 8 rings (SSSR count). The van der Waals surface area contributed by atoms with Crippen molar-refractivity contribution in [1.82, 2.24) is 14.5 Å². The van der Waals surface area contributed by atoms with E-state index in [4.69, 9.17) is 9.47 Å². The second-order valence-electron chi connectivity index (χ2n) is 9.95. The van der Waals surface area contributed by atoms with E-state index in [1.54, 1.807) is 0 Å². The molecule has 0 radical (unpaired) electrons. The molecule has 3 aromatic carbocycles. The van der Waals surface area contributed by atoms with Crippen LogP contribution in [0.4, 0.5) is 0 Å². The van der Waals surface area contributed by atoms with Crippen molar-refractivity contribution in [3.8, 4) is 0 Å². The number of aromatic nitrogens is 2. The molecule has 0 saturated carbocycles. The number of hydrogen-bond acceptors (Lipinski definition) is 3. The van der Waals surface area contributed by atoms with Crippen molar-refractivity contribution in [3.05, 3.63) is 59.7 Å². The van der Waals surface area contributed by atoms with E-state index in [-0.39, 0.29) is 18.1 Å². The van der Waals surface area contributed by atoms with Gasteiger partial charge in [-0.25, -0.2) is 0 Å². The molecule has 1 fully saturated rings. The van der Waals surface area contributed by atoms with E-state index in [9.17, 15) is 4.79 Å². The number of carbonyl (C=O) groups excluding carboxylic acids is 1. The summed E-state index contributed by atoms with van der Waals surface area (Å²) in [5.74, 6) is -0.606. The average molecular weight is 437 g/mol. The summed E-state index contributed by atoms with van der Waals surface area (Å²) < 4.78 is 17.6. The van der Waals surface area contributed by atoms with Crippen LogP contribution in [0.2, 0.25) is 0 Å². The normalized spacial score (nSPS) is 23.4. The second-order valence-corrected chi connectivity index (χ2v) is 9.95. The molecule has 6 nitrogen and oxygen atoms in total. The Morgan fingerprint density at radius 3 is 2.03 bits per heavy atom. The fraction of sp³-hybridized carbons (Fsp3) is 0.296. The predicted octanol–water partition coefficient (Wildman–Crippen LogP) is 4.68. The van der Waals surface area contributed by atoms with Gasteiger partial charge >= 0.3 is 0 Å². The van der Waals surface area contributed by atoms with Gasteiger partial charge in [0.2, 0.25) is 0 Å². The fourth-order valence-electron chi connectivity index (χ4n) is 6.58. The highest BCUT2D eigenvalue weighted by molar-refractivity contribution is 6.30.